The lowest BCUT2D eigenvalue weighted by atomic mass is 9.52. The number of ketones is 2. The Balaban J connectivity index is 1.68. The molecular formula is C34H29N5O3. The molecule has 2 aliphatic heterocycles. The molecule has 4 aromatic rings. The highest BCUT2D eigenvalue weighted by atomic mass is 16.2. The lowest BCUT2D eigenvalue weighted by molar-refractivity contribution is 0.0443. The molecule has 6 rings (SSSR count). The first-order valence-corrected chi connectivity index (χ1v) is 13.7. The van der Waals surface area contributed by atoms with Crippen molar-refractivity contribution in [3.8, 4) is 0 Å². The van der Waals surface area contributed by atoms with Crippen LogP contribution in [-0.2, 0) is 0 Å². The van der Waals surface area contributed by atoms with Crippen molar-refractivity contribution < 1.29 is 14.4 Å². The number of carbonyl (C=O) groups is 3. The molecule has 208 valence electrons. The fourth-order valence-electron chi connectivity index (χ4n) is 6.50. The van der Waals surface area contributed by atoms with E-state index in [2.05, 4.69) is 16.0 Å². The van der Waals surface area contributed by atoms with Crippen LogP contribution in [0.2, 0.25) is 0 Å². The summed E-state index contributed by atoms with van der Waals surface area (Å²) in [6.07, 6.45) is 0. The number of hydrogen-bond donors (Lipinski definition) is 5. The summed E-state index contributed by atoms with van der Waals surface area (Å²) in [5.41, 5.74) is 0.433. The Bertz CT molecular complexity index is 1540. The number of hydrogen-bond acceptors (Lipinski definition) is 6. The maximum absolute atomic E-state index is 14.7. The summed E-state index contributed by atoms with van der Waals surface area (Å²) in [4.78, 5) is 42.0. The first-order chi connectivity index (χ1) is 20.4. The first kappa shape index (κ1) is 27.0. The molecule has 2 aliphatic rings. The first-order valence-electron chi connectivity index (χ1n) is 13.7. The van der Waals surface area contributed by atoms with Gasteiger partial charge in [0.15, 0.2) is 11.6 Å². The van der Waals surface area contributed by atoms with E-state index in [-0.39, 0.29) is 23.2 Å². The average molecular weight is 556 g/mol. The Labute approximate surface area is 243 Å². The molecule has 0 radical (unpaired) electrons. The molecule has 4 unspecified atom stereocenters. The van der Waals surface area contributed by atoms with Gasteiger partial charge in [0.25, 0.3) is 0 Å². The SMILES string of the molecule is N=C1NC(=O)NC(=N)C12C(C(=O)c1ccccc1)C(c1ccccc1)NC(c1ccccc1)C2C(=O)c1ccccc1. The molecule has 8 heteroatoms. The minimum Gasteiger partial charge on any atom is -0.302 e. The number of rotatable bonds is 6. The standard InChI is InChI=1S/C34H29N5O3/c35-31-34(32(36)39-33(42)38-31)25(29(40)23-17-9-3-10-18-23)27(21-13-5-1-6-14-21)37-28(22-15-7-2-8-16-22)26(34)30(41)24-19-11-4-12-20-24/h1-20,25-28,37H,(H4,35,36,38,39,42). The van der Waals surface area contributed by atoms with Crippen molar-refractivity contribution in [3.63, 3.8) is 0 Å². The third-order valence-corrected chi connectivity index (χ3v) is 8.31. The van der Waals surface area contributed by atoms with Gasteiger partial charge in [0.2, 0.25) is 0 Å². The van der Waals surface area contributed by atoms with Gasteiger partial charge in [0.1, 0.15) is 17.1 Å². The summed E-state index contributed by atoms with van der Waals surface area (Å²) in [5.74, 6) is -3.70. The van der Waals surface area contributed by atoms with Gasteiger partial charge < -0.3 is 5.32 Å². The molecular weight excluding hydrogens is 526 g/mol. The van der Waals surface area contributed by atoms with Crippen LogP contribution in [-0.4, -0.2) is 29.3 Å². The summed E-state index contributed by atoms with van der Waals surface area (Å²) in [7, 11) is 0. The predicted octanol–water partition coefficient (Wildman–Crippen LogP) is 5.32. The van der Waals surface area contributed by atoms with E-state index in [1.54, 1.807) is 60.7 Å². The lowest BCUT2D eigenvalue weighted by Gasteiger charge is -2.56. The molecule has 8 nitrogen and oxygen atoms in total. The summed E-state index contributed by atoms with van der Waals surface area (Å²) in [6, 6.07) is 34.0. The number of benzene rings is 4. The van der Waals surface area contributed by atoms with Crippen molar-refractivity contribution in [2.45, 2.75) is 12.1 Å². The minimum absolute atomic E-state index is 0.346. The van der Waals surface area contributed by atoms with Crippen LogP contribution in [0.1, 0.15) is 43.9 Å². The molecule has 0 saturated carbocycles. The van der Waals surface area contributed by atoms with Crippen molar-refractivity contribution in [2.75, 3.05) is 0 Å². The molecule has 5 N–H and O–H groups in total. The average Bonchev–Trinajstić information content (AvgIpc) is 3.04. The third-order valence-electron chi connectivity index (χ3n) is 8.31. The molecule has 2 fully saturated rings. The Kier molecular flexibility index (Phi) is 7.06. The van der Waals surface area contributed by atoms with Crippen molar-refractivity contribution in [3.05, 3.63) is 144 Å². The van der Waals surface area contributed by atoms with Crippen LogP contribution in [0.15, 0.2) is 121 Å². The molecule has 2 amide bonds. The molecule has 42 heavy (non-hydrogen) atoms. The van der Waals surface area contributed by atoms with Gasteiger partial charge in [0.05, 0.1) is 11.8 Å². The molecule has 0 aromatic heterocycles. The highest BCUT2D eigenvalue weighted by molar-refractivity contribution is 6.26. The Hall–Kier alpha value is -5.21. The zero-order valence-electron chi connectivity index (χ0n) is 22.6. The van der Waals surface area contributed by atoms with Gasteiger partial charge in [-0.2, -0.15) is 0 Å². The smallest absolute Gasteiger partial charge is 0.302 e. The maximum atomic E-state index is 14.7. The second kappa shape index (κ2) is 11.0. The number of carbonyl (C=O) groups excluding carboxylic acids is 3. The number of piperidine rings is 1. The topological polar surface area (TPSA) is 135 Å². The van der Waals surface area contributed by atoms with Crippen LogP contribution in [0.25, 0.3) is 0 Å². The Morgan fingerprint density at radius 2 is 0.881 bits per heavy atom. The Morgan fingerprint density at radius 1 is 0.548 bits per heavy atom. The summed E-state index contributed by atoms with van der Waals surface area (Å²) < 4.78 is 0. The van der Waals surface area contributed by atoms with Crippen LogP contribution in [0.4, 0.5) is 4.79 Å². The second-order valence-corrected chi connectivity index (χ2v) is 10.6. The van der Waals surface area contributed by atoms with E-state index in [1.807, 2.05) is 60.7 Å². The largest absolute Gasteiger partial charge is 0.325 e. The van der Waals surface area contributed by atoms with Gasteiger partial charge in [-0.3, -0.25) is 31.0 Å². The van der Waals surface area contributed by atoms with Gasteiger partial charge in [-0.15, -0.1) is 0 Å². The van der Waals surface area contributed by atoms with Crippen molar-refractivity contribution in [1.82, 2.24) is 16.0 Å². The van der Waals surface area contributed by atoms with Gasteiger partial charge in [0, 0.05) is 23.2 Å². The van der Waals surface area contributed by atoms with Gasteiger partial charge in [-0.25, -0.2) is 4.79 Å². The minimum atomic E-state index is -1.85. The van der Waals surface area contributed by atoms with E-state index in [9.17, 15) is 25.2 Å². The number of Topliss-reactive ketones (excluding diaryl/α,β-unsaturated/α-hetero) is 2. The molecule has 0 bridgehead atoms. The molecule has 2 saturated heterocycles. The van der Waals surface area contributed by atoms with Gasteiger partial charge in [-0.05, 0) is 11.1 Å². The van der Waals surface area contributed by atoms with E-state index in [4.69, 9.17) is 0 Å². The lowest BCUT2D eigenvalue weighted by Crippen LogP contribution is -2.74. The number of amidine groups is 2. The highest BCUT2D eigenvalue weighted by Gasteiger charge is 2.67. The van der Waals surface area contributed by atoms with E-state index in [1.165, 1.54) is 0 Å². The number of urea groups is 1. The van der Waals surface area contributed by atoms with Gasteiger partial charge >= 0.3 is 6.03 Å². The third kappa shape index (κ3) is 4.42. The zero-order valence-corrected chi connectivity index (χ0v) is 22.6. The maximum Gasteiger partial charge on any atom is 0.325 e. The number of nitrogens with one attached hydrogen (secondary N) is 5. The highest BCUT2D eigenvalue weighted by Crippen LogP contribution is 2.55. The van der Waals surface area contributed by atoms with Gasteiger partial charge in [-0.1, -0.05) is 121 Å². The predicted molar refractivity (Wildman–Crippen MR) is 160 cm³/mol. The second-order valence-electron chi connectivity index (χ2n) is 10.6. The van der Waals surface area contributed by atoms with E-state index < -0.39 is 35.4 Å². The van der Waals surface area contributed by atoms with E-state index in [0.717, 1.165) is 11.1 Å². The normalized spacial score (nSPS) is 25.4. The zero-order chi connectivity index (χ0) is 29.3. The monoisotopic (exact) mass is 555 g/mol. The van der Waals surface area contributed by atoms with Crippen molar-refractivity contribution in [1.29, 1.82) is 10.8 Å². The van der Waals surface area contributed by atoms with E-state index >= 15 is 0 Å². The van der Waals surface area contributed by atoms with Crippen molar-refractivity contribution >= 4 is 29.3 Å². The van der Waals surface area contributed by atoms with Crippen LogP contribution >= 0.6 is 0 Å². The van der Waals surface area contributed by atoms with Crippen LogP contribution < -0.4 is 16.0 Å². The summed E-state index contributed by atoms with van der Waals surface area (Å²) >= 11 is 0. The van der Waals surface area contributed by atoms with Crippen LogP contribution in [0, 0.1) is 28.1 Å². The van der Waals surface area contributed by atoms with Crippen LogP contribution in [0.3, 0.4) is 0 Å². The Morgan fingerprint density at radius 3 is 1.24 bits per heavy atom. The molecule has 4 aromatic carbocycles. The fraction of sp³-hybridized carbons (Fsp3) is 0.147. The number of amides is 2. The van der Waals surface area contributed by atoms with Crippen LogP contribution in [0.5, 0.6) is 0 Å². The van der Waals surface area contributed by atoms with E-state index in [0.29, 0.717) is 11.1 Å². The summed E-state index contributed by atoms with van der Waals surface area (Å²) in [6.45, 7) is 0. The quantitative estimate of drug-likeness (QED) is 0.206. The molecule has 0 aliphatic carbocycles. The molecule has 4 atom stereocenters. The fourth-order valence-corrected chi connectivity index (χ4v) is 6.50. The molecule has 1 spiro atoms. The van der Waals surface area contributed by atoms with Crippen molar-refractivity contribution in [2.24, 2.45) is 17.3 Å². The molecule has 2 heterocycles. The summed E-state index contributed by atoms with van der Waals surface area (Å²) in [5, 5.41) is 27.4.